The number of piperidine rings is 1. The van der Waals surface area contributed by atoms with E-state index >= 15 is 0 Å². The van der Waals surface area contributed by atoms with Crippen molar-refractivity contribution in [2.24, 2.45) is 5.92 Å². The van der Waals surface area contributed by atoms with Crippen molar-refractivity contribution in [3.63, 3.8) is 0 Å². The van der Waals surface area contributed by atoms with E-state index in [-0.39, 0.29) is 23.6 Å². The van der Waals surface area contributed by atoms with Gasteiger partial charge in [0.1, 0.15) is 11.6 Å². The maximum Gasteiger partial charge on any atom is 0.309 e. The van der Waals surface area contributed by atoms with Crippen LogP contribution >= 0.6 is 0 Å². The molecule has 1 heterocycles. The Morgan fingerprint density at radius 1 is 1.21 bits per heavy atom. The van der Waals surface area contributed by atoms with Gasteiger partial charge in [0.25, 0.3) is 5.91 Å². The molecule has 1 saturated heterocycles. The van der Waals surface area contributed by atoms with Gasteiger partial charge in [0.2, 0.25) is 0 Å². The Labute approximate surface area is 141 Å². The van der Waals surface area contributed by atoms with E-state index in [1.165, 1.54) is 24.3 Å². The Morgan fingerprint density at radius 2 is 1.83 bits per heavy atom. The predicted molar refractivity (Wildman–Crippen MR) is 87.0 cm³/mol. The third-order valence-corrected chi connectivity index (χ3v) is 4.16. The van der Waals surface area contributed by atoms with Gasteiger partial charge in [0, 0.05) is 13.1 Å². The van der Waals surface area contributed by atoms with Crippen molar-refractivity contribution in [1.82, 2.24) is 4.90 Å². The van der Waals surface area contributed by atoms with E-state index in [0.717, 1.165) is 0 Å². The molecule has 132 valence electrons. The fourth-order valence-corrected chi connectivity index (χ4v) is 2.79. The second-order valence-corrected chi connectivity index (χ2v) is 5.82. The van der Waals surface area contributed by atoms with Gasteiger partial charge in [0.05, 0.1) is 12.5 Å². The van der Waals surface area contributed by atoms with Crippen LogP contribution < -0.4 is 4.74 Å². The normalized spacial score (nSPS) is 16.5. The number of amides is 1. The lowest BCUT2D eigenvalue weighted by molar-refractivity contribution is -0.152. The minimum Gasteiger partial charge on any atom is -0.481 e. The van der Waals surface area contributed by atoms with E-state index in [1.54, 1.807) is 11.8 Å². The minimum atomic E-state index is -0.602. The molecular formula is C18H24FNO4. The number of esters is 1. The van der Waals surface area contributed by atoms with Crippen LogP contribution in [0.4, 0.5) is 4.39 Å². The molecule has 0 unspecified atom stereocenters. The third-order valence-electron chi connectivity index (χ3n) is 4.16. The van der Waals surface area contributed by atoms with E-state index in [2.05, 4.69) is 0 Å². The molecule has 0 aliphatic carbocycles. The average Bonchev–Trinajstić information content (AvgIpc) is 2.61. The lowest BCUT2D eigenvalue weighted by Gasteiger charge is -2.33. The molecule has 1 aromatic rings. The van der Waals surface area contributed by atoms with E-state index in [9.17, 15) is 14.0 Å². The number of likely N-dealkylation sites (tertiary alicyclic amines) is 1. The highest BCUT2D eigenvalue weighted by Crippen LogP contribution is 2.21. The number of halogens is 1. The molecule has 1 amide bonds. The Kier molecular flexibility index (Phi) is 6.58. The van der Waals surface area contributed by atoms with Gasteiger partial charge in [-0.1, -0.05) is 6.92 Å². The molecule has 6 heteroatoms. The molecule has 2 rings (SSSR count). The molecule has 0 N–H and O–H groups in total. The first kappa shape index (κ1) is 18.2. The fraction of sp³-hybridized carbons (Fsp3) is 0.556. The molecule has 1 fully saturated rings. The van der Waals surface area contributed by atoms with Crippen molar-refractivity contribution >= 4 is 11.9 Å². The molecule has 0 radical (unpaired) electrons. The molecule has 5 nitrogen and oxygen atoms in total. The number of rotatable bonds is 6. The molecule has 1 aliphatic rings. The summed E-state index contributed by atoms with van der Waals surface area (Å²) < 4.78 is 23.7. The van der Waals surface area contributed by atoms with Crippen LogP contribution in [0.1, 0.15) is 33.1 Å². The summed E-state index contributed by atoms with van der Waals surface area (Å²) in [6.45, 7) is 5.07. The van der Waals surface area contributed by atoms with Crippen molar-refractivity contribution < 1.29 is 23.5 Å². The number of hydrogen-bond donors (Lipinski definition) is 0. The molecule has 0 bridgehead atoms. The summed E-state index contributed by atoms with van der Waals surface area (Å²) >= 11 is 0. The Morgan fingerprint density at radius 3 is 2.38 bits per heavy atom. The molecule has 24 heavy (non-hydrogen) atoms. The topological polar surface area (TPSA) is 55.8 Å². The quantitative estimate of drug-likeness (QED) is 0.749. The van der Waals surface area contributed by atoms with Gasteiger partial charge in [-0.05, 0) is 50.5 Å². The monoisotopic (exact) mass is 337 g/mol. The lowest BCUT2D eigenvalue weighted by atomic mass is 9.96. The van der Waals surface area contributed by atoms with Crippen LogP contribution in [0.3, 0.4) is 0 Å². The maximum atomic E-state index is 12.9. The summed E-state index contributed by atoms with van der Waals surface area (Å²) in [5.41, 5.74) is 0. The number of nitrogens with zero attached hydrogens (tertiary/aromatic N) is 1. The van der Waals surface area contributed by atoms with Gasteiger partial charge < -0.3 is 14.4 Å². The third kappa shape index (κ3) is 4.69. The molecular weight excluding hydrogens is 313 g/mol. The highest BCUT2D eigenvalue weighted by Gasteiger charge is 2.31. The fourth-order valence-electron chi connectivity index (χ4n) is 2.79. The first-order valence-electron chi connectivity index (χ1n) is 8.42. The highest BCUT2D eigenvalue weighted by molar-refractivity contribution is 5.81. The summed E-state index contributed by atoms with van der Waals surface area (Å²) in [7, 11) is 0. The van der Waals surface area contributed by atoms with Gasteiger partial charge in [-0.25, -0.2) is 4.39 Å². The molecule has 0 saturated carbocycles. The second-order valence-electron chi connectivity index (χ2n) is 5.82. The van der Waals surface area contributed by atoms with Crippen LogP contribution in [-0.4, -0.2) is 42.6 Å². The van der Waals surface area contributed by atoms with Crippen LogP contribution in [0.5, 0.6) is 5.75 Å². The van der Waals surface area contributed by atoms with E-state index < -0.39 is 6.10 Å². The van der Waals surface area contributed by atoms with Gasteiger partial charge in [-0.2, -0.15) is 0 Å². The summed E-state index contributed by atoms with van der Waals surface area (Å²) in [4.78, 5) is 26.1. The van der Waals surface area contributed by atoms with Crippen molar-refractivity contribution in [2.45, 2.75) is 39.2 Å². The van der Waals surface area contributed by atoms with E-state index in [4.69, 9.17) is 9.47 Å². The lowest BCUT2D eigenvalue weighted by Crippen LogP contribution is -2.46. The number of ether oxygens (including phenoxy) is 2. The van der Waals surface area contributed by atoms with Crippen LogP contribution in [0, 0.1) is 11.7 Å². The van der Waals surface area contributed by atoms with Gasteiger partial charge in [-0.3, -0.25) is 9.59 Å². The van der Waals surface area contributed by atoms with Crippen LogP contribution in [0.15, 0.2) is 24.3 Å². The highest BCUT2D eigenvalue weighted by atomic mass is 19.1. The van der Waals surface area contributed by atoms with E-state index in [0.29, 0.717) is 44.7 Å². The van der Waals surface area contributed by atoms with Gasteiger partial charge in [-0.15, -0.1) is 0 Å². The Hall–Kier alpha value is -2.11. The van der Waals surface area contributed by atoms with Crippen LogP contribution in [0.2, 0.25) is 0 Å². The standard InChI is InChI=1S/C18H24FNO4/c1-3-16(24-15-7-5-14(19)6-8-15)17(21)20-11-9-13(10-12-20)18(22)23-4-2/h5-8,13,16H,3-4,9-12H2,1-2H3/t16-/m0/s1. The molecule has 1 aliphatic heterocycles. The SMILES string of the molecule is CCOC(=O)C1CCN(C(=O)[C@H](CC)Oc2ccc(F)cc2)CC1. The average molecular weight is 337 g/mol. The summed E-state index contributed by atoms with van der Waals surface area (Å²) in [5.74, 6) is -0.281. The van der Waals surface area contributed by atoms with Crippen molar-refractivity contribution in [1.29, 1.82) is 0 Å². The number of benzene rings is 1. The molecule has 0 spiro atoms. The summed E-state index contributed by atoms with van der Waals surface area (Å²) in [6, 6.07) is 5.63. The zero-order valence-electron chi connectivity index (χ0n) is 14.2. The maximum absolute atomic E-state index is 12.9. The minimum absolute atomic E-state index is 0.0934. The largest absolute Gasteiger partial charge is 0.481 e. The van der Waals surface area contributed by atoms with Crippen LogP contribution in [0.25, 0.3) is 0 Å². The van der Waals surface area contributed by atoms with Crippen LogP contribution in [-0.2, 0) is 14.3 Å². The van der Waals surface area contributed by atoms with E-state index in [1.807, 2.05) is 6.92 Å². The zero-order chi connectivity index (χ0) is 17.5. The summed E-state index contributed by atoms with van der Waals surface area (Å²) in [6.07, 6.45) is 1.14. The Balaban J connectivity index is 1.90. The predicted octanol–water partition coefficient (Wildman–Crippen LogP) is 2.78. The number of carbonyl (C=O) groups excluding carboxylic acids is 2. The smallest absolute Gasteiger partial charge is 0.309 e. The van der Waals surface area contributed by atoms with Crippen molar-refractivity contribution in [3.05, 3.63) is 30.1 Å². The first-order chi connectivity index (χ1) is 11.5. The second kappa shape index (κ2) is 8.66. The molecule has 1 aromatic carbocycles. The molecule has 1 atom stereocenters. The first-order valence-corrected chi connectivity index (χ1v) is 8.42. The summed E-state index contributed by atoms with van der Waals surface area (Å²) in [5, 5.41) is 0. The van der Waals surface area contributed by atoms with Gasteiger partial charge in [0.15, 0.2) is 6.10 Å². The van der Waals surface area contributed by atoms with Gasteiger partial charge >= 0.3 is 5.97 Å². The van der Waals surface area contributed by atoms with Crippen molar-refractivity contribution in [2.75, 3.05) is 19.7 Å². The van der Waals surface area contributed by atoms with Crippen molar-refractivity contribution in [3.8, 4) is 5.75 Å². The Bertz CT molecular complexity index is 553. The molecule has 0 aromatic heterocycles. The number of carbonyl (C=O) groups is 2. The number of hydrogen-bond acceptors (Lipinski definition) is 4. The zero-order valence-corrected chi connectivity index (χ0v) is 14.2.